The maximum Gasteiger partial charge on any atom is 0.0589 e. The van der Waals surface area contributed by atoms with Gasteiger partial charge in [0.1, 0.15) is 0 Å². The summed E-state index contributed by atoms with van der Waals surface area (Å²) >= 11 is 0. The fourth-order valence-electron chi connectivity index (χ4n) is 2.08. The average molecular weight is 201 g/mol. The van der Waals surface area contributed by atoms with Crippen LogP contribution in [0.15, 0.2) is 0 Å². The summed E-state index contributed by atoms with van der Waals surface area (Å²) in [7, 11) is 0. The van der Waals surface area contributed by atoms with Crippen molar-refractivity contribution in [3.05, 3.63) is 0 Å². The molecule has 0 aromatic heterocycles. The van der Waals surface area contributed by atoms with E-state index in [1.54, 1.807) is 0 Å². The Morgan fingerprint density at radius 2 is 1.57 bits per heavy atom. The zero-order valence-electron chi connectivity index (χ0n) is 10.6. The van der Waals surface area contributed by atoms with E-state index in [0.717, 1.165) is 6.42 Å². The van der Waals surface area contributed by atoms with Crippen molar-refractivity contribution in [2.24, 2.45) is 5.92 Å². The third-order valence-corrected chi connectivity index (χ3v) is 3.04. The molecule has 2 heteroatoms. The lowest BCUT2D eigenvalue weighted by Gasteiger charge is -2.40. The Morgan fingerprint density at radius 3 is 1.79 bits per heavy atom. The van der Waals surface area contributed by atoms with Crippen LogP contribution in [0.5, 0.6) is 0 Å². The highest BCUT2D eigenvalue weighted by atomic mass is 16.3. The van der Waals surface area contributed by atoms with Gasteiger partial charge in [0.15, 0.2) is 0 Å². The minimum atomic E-state index is 0.264. The molecule has 0 saturated carbocycles. The van der Waals surface area contributed by atoms with Gasteiger partial charge in [-0.2, -0.15) is 0 Å². The third kappa shape index (κ3) is 3.58. The second-order valence-electron chi connectivity index (χ2n) is 4.79. The molecule has 0 amide bonds. The Hall–Kier alpha value is -0.0800. The smallest absolute Gasteiger partial charge is 0.0589 e. The van der Waals surface area contributed by atoms with Crippen molar-refractivity contribution in [3.8, 4) is 0 Å². The minimum absolute atomic E-state index is 0.264. The lowest BCUT2D eigenvalue weighted by atomic mass is 9.99. The number of aliphatic hydroxyl groups is 1. The molecule has 0 fully saturated rings. The van der Waals surface area contributed by atoms with E-state index in [2.05, 4.69) is 46.4 Å². The summed E-state index contributed by atoms with van der Waals surface area (Å²) in [4.78, 5) is 2.44. The van der Waals surface area contributed by atoms with E-state index in [4.69, 9.17) is 0 Å². The van der Waals surface area contributed by atoms with E-state index in [1.165, 1.54) is 0 Å². The molecule has 0 spiro atoms. The lowest BCUT2D eigenvalue weighted by molar-refractivity contribution is 0.0342. The van der Waals surface area contributed by atoms with Crippen LogP contribution in [0.4, 0.5) is 0 Å². The fourth-order valence-corrected chi connectivity index (χ4v) is 2.08. The molecule has 2 unspecified atom stereocenters. The lowest BCUT2D eigenvalue weighted by Crippen LogP contribution is -2.50. The molecule has 0 aromatic carbocycles. The highest BCUT2D eigenvalue weighted by Gasteiger charge is 2.26. The van der Waals surface area contributed by atoms with E-state index in [0.29, 0.717) is 24.0 Å². The summed E-state index contributed by atoms with van der Waals surface area (Å²) in [5, 5.41) is 9.42. The molecule has 0 rings (SSSR count). The standard InChI is InChI=1S/C12H27NO/c1-7-11(6)13(10(4)5)12(8-14)9(2)3/h9-12,14H,7-8H2,1-6H3. The Labute approximate surface area is 89.3 Å². The molecule has 0 aliphatic heterocycles. The van der Waals surface area contributed by atoms with Crippen LogP contribution in [0.2, 0.25) is 0 Å². The van der Waals surface area contributed by atoms with Gasteiger partial charge in [0.25, 0.3) is 0 Å². The zero-order valence-corrected chi connectivity index (χ0v) is 10.6. The van der Waals surface area contributed by atoms with Gasteiger partial charge in [0.2, 0.25) is 0 Å². The largest absolute Gasteiger partial charge is 0.395 e. The second kappa shape index (κ2) is 6.41. The van der Waals surface area contributed by atoms with Crippen LogP contribution in [-0.4, -0.2) is 34.7 Å². The summed E-state index contributed by atoms with van der Waals surface area (Å²) in [5.74, 6) is 0.511. The quantitative estimate of drug-likeness (QED) is 0.714. The Morgan fingerprint density at radius 1 is 1.07 bits per heavy atom. The van der Waals surface area contributed by atoms with Gasteiger partial charge in [-0.1, -0.05) is 20.8 Å². The molecule has 2 nitrogen and oxygen atoms in total. The van der Waals surface area contributed by atoms with Crippen LogP contribution < -0.4 is 0 Å². The van der Waals surface area contributed by atoms with E-state index >= 15 is 0 Å². The van der Waals surface area contributed by atoms with Gasteiger partial charge < -0.3 is 5.11 Å². The summed E-state index contributed by atoms with van der Waals surface area (Å²) in [5.41, 5.74) is 0. The number of rotatable bonds is 6. The number of aliphatic hydroxyl groups excluding tert-OH is 1. The van der Waals surface area contributed by atoms with Crippen LogP contribution in [-0.2, 0) is 0 Å². The van der Waals surface area contributed by atoms with Gasteiger partial charge in [0, 0.05) is 18.1 Å². The molecule has 0 radical (unpaired) electrons. The van der Waals surface area contributed by atoms with E-state index in [1.807, 2.05) is 0 Å². The minimum Gasteiger partial charge on any atom is -0.395 e. The molecule has 0 aliphatic rings. The molecule has 2 atom stereocenters. The summed E-state index contributed by atoms with van der Waals surface area (Å²) in [6, 6.07) is 1.35. The highest BCUT2D eigenvalue weighted by molar-refractivity contribution is 4.80. The first-order valence-corrected chi connectivity index (χ1v) is 5.83. The molecule has 0 aromatic rings. The maximum atomic E-state index is 9.42. The Bertz CT molecular complexity index is 145. The van der Waals surface area contributed by atoms with Crippen molar-refractivity contribution >= 4 is 0 Å². The summed E-state index contributed by atoms with van der Waals surface area (Å²) in [6.45, 7) is 13.5. The van der Waals surface area contributed by atoms with Gasteiger partial charge in [-0.3, -0.25) is 4.90 Å². The maximum absolute atomic E-state index is 9.42. The van der Waals surface area contributed by atoms with Crippen molar-refractivity contribution in [1.29, 1.82) is 0 Å². The Balaban J connectivity index is 4.60. The normalized spacial score (nSPS) is 16.7. The van der Waals surface area contributed by atoms with Gasteiger partial charge in [-0.25, -0.2) is 0 Å². The molecule has 0 bridgehead atoms. The Kier molecular flexibility index (Phi) is 6.38. The number of nitrogens with zero attached hydrogens (tertiary/aromatic N) is 1. The molecule has 0 heterocycles. The third-order valence-electron chi connectivity index (χ3n) is 3.04. The van der Waals surface area contributed by atoms with Gasteiger partial charge >= 0.3 is 0 Å². The van der Waals surface area contributed by atoms with Crippen molar-refractivity contribution in [2.75, 3.05) is 6.61 Å². The first-order valence-electron chi connectivity index (χ1n) is 5.83. The van der Waals surface area contributed by atoms with Crippen molar-refractivity contribution < 1.29 is 5.11 Å². The first-order chi connectivity index (χ1) is 6.45. The molecular formula is C12H27NO. The van der Waals surface area contributed by atoms with Crippen LogP contribution in [0.25, 0.3) is 0 Å². The predicted molar refractivity (Wildman–Crippen MR) is 62.4 cm³/mol. The van der Waals surface area contributed by atoms with Crippen LogP contribution in [0, 0.1) is 5.92 Å². The number of hydrogen-bond acceptors (Lipinski definition) is 2. The average Bonchev–Trinajstić information content (AvgIpc) is 2.11. The van der Waals surface area contributed by atoms with Crippen molar-refractivity contribution in [3.63, 3.8) is 0 Å². The fraction of sp³-hybridized carbons (Fsp3) is 1.00. The predicted octanol–water partition coefficient (Wildman–Crippen LogP) is 2.51. The highest BCUT2D eigenvalue weighted by Crippen LogP contribution is 2.18. The van der Waals surface area contributed by atoms with E-state index < -0.39 is 0 Å². The van der Waals surface area contributed by atoms with Crippen molar-refractivity contribution in [1.82, 2.24) is 4.90 Å². The van der Waals surface area contributed by atoms with Gasteiger partial charge in [-0.05, 0) is 33.1 Å². The van der Waals surface area contributed by atoms with Crippen LogP contribution in [0.1, 0.15) is 48.0 Å². The molecule has 1 N–H and O–H groups in total. The van der Waals surface area contributed by atoms with Gasteiger partial charge in [0.05, 0.1) is 6.61 Å². The second-order valence-corrected chi connectivity index (χ2v) is 4.79. The van der Waals surface area contributed by atoms with Crippen molar-refractivity contribution in [2.45, 2.75) is 66.1 Å². The monoisotopic (exact) mass is 201 g/mol. The van der Waals surface area contributed by atoms with E-state index in [-0.39, 0.29) is 6.61 Å². The molecular weight excluding hydrogens is 174 g/mol. The van der Waals surface area contributed by atoms with Crippen LogP contribution in [0.3, 0.4) is 0 Å². The number of hydrogen-bond donors (Lipinski definition) is 1. The van der Waals surface area contributed by atoms with E-state index in [9.17, 15) is 5.11 Å². The first kappa shape index (κ1) is 13.9. The van der Waals surface area contributed by atoms with Crippen LogP contribution >= 0.6 is 0 Å². The SMILES string of the molecule is CCC(C)N(C(C)C)C(CO)C(C)C. The molecule has 0 saturated heterocycles. The van der Waals surface area contributed by atoms with Gasteiger partial charge in [-0.15, -0.1) is 0 Å². The molecule has 0 aliphatic carbocycles. The topological polar surface area (TPSA) is 23.5 Å². The summed E-state index contributed by atoms with van der Waals surface area (Å²) < 4.78 is 0. The zero-order chi connectivity index (χ0) is 11.3. The molecule has 86 valence electrons. The summed E-state index contributed by atoms with van der Waals surface area (Å²) in [6.07, 6.45) is 1.14. The molecule has 14 heavy (non-hydrogen) atoms.